The number of aryl methyl sites for hydroxylation is 1. The van der Waals surface area contributed by atoms with E-state index in [9.17, 15) is 4.79 Å². The molecule has 1 aliphatic rings. The van der Waals surface area contributed by atoms with E-state index < -0.39 is 5.97 Å². The lowest BCUT2D eigenvalue weighted by Gasteiger charge is -2.07. The number of carbonyl (C=O) groups is 1. The first-order valence-electron chi connectivity index (χ1n) is 10.2. The van der Waals surface area contributed by atoms with Crippen LogP contribution in [-0.2, 0) is 11.3 Å². The molecule has 4 heterocycles. The van der Waals surface area contributed by atoms with Crippen LogP contribution >= 0.6 is 0 Å². The zero-order valence-electron chi connectivity index (χ0n) is 17.1. The Hall–Kier alpha value is -3.75. The highest BCUT2D eigenvalue weighted by Gasteiger charge is 2.27. The maximum absolute atomic E-state index is 11.2. The number of nitrogens with zero attached hydrogens (tertiary/aromatic N) is 5. The molecule has 4 aromatic rings. The molecule has 0 saturated carbocycles. The second-order valence-corrected chi connectivity index (χ2v) is 7.91. The molecule has 9 heteroatoms. The van der Waals surface area contributed by atoms with Crippen LogP contribution in [0.4, 0.5) is 0 Å². The first-order valence-corrected chi connectivity index (χ1v) is 10.2. The number of ether oxygens (including phenoxy) is 1. The van der Waals surface area contributed by atoms with E-state index in [-0.39, 0.29) is 24.3 Å². The summed E-state index contributed by atoms with van der Waals surface area (Å²) in [5.41, 5.74) is 3.44. The van der Waals surface area contributed by atoms with Crippen LogP contribution in [0.15, 0.2) is 41.2 Å². The summed E-state index contributed by atoms with van der Waals surface area (Å²) in [4.78, 5) is 24.1. The van der Waals surface area contributed by atoms with Crippen molar-refractivity contribution in [2.45, 2.75) is 45.3 Å². The second-order valence-electron chi connectivity index (χ2n) is 7.91. The fourth-order valence-corrected chi connectivity index (χ4v) is 4.04. The van der Waals surface area contributed by atoms with Gasteiger partial charge in [-0.25, -0.2) is 9.97 Å². The quantitative estimate of drug-likeness (QED) is 0.500. The van der Waals surface area contributed by atoms with Gasteiger partial charge in [0.2, 0.25) is 11.7 Å². The molecule has 0 unspecified atom stereocenters. The van der Waals surface area contributed by atoms with Crippen LogP contribution in [0.1, 0.15) is 38.3 Å². The summed E-state index contributed by atoms with van der Waals surface area (Å²) in [6.45, 7) is 4.67. The van der Waals surface area contributed by atoms with Gasteiger partial charge in [-0.05, 0) is 44.5 Å². The average molecular weight is 419 g/mol. The van der Waals surface area contributed by atoms with Crippen molar-refractivity contribution in [1.29, 1.82) is 0 Å². The molecule has 9 nitrogen and oxygen atoms in total. The first kappa shape index (κ1) is 19.2. The third kappa shape index (κ3) is 3.63. The molecule has 0 fully saturated rings. The number of carboxylic acids is 1. The molecule has 0 spiro atoms. The Morgan fingerprint density at radius 2 is 2.16 bits per heavy atom. The van der Waals surface area contributed by atoms with Crippen LogP contribution in [0.5, 0.6) is 5.88 Å². The minimum Gasteiger partial charge on any atom is -0.481 e. The molecule has 1 aromatic carbocycles. The van der Waals surface area contributed by atoms with Crippen molar-refractivity contribution in [3.8, 4) is 28.9 Å². The molecule has 0 bridgehead atoms. The summed E-state index contributed by atoms with van der Waals surface area (Å²) in [7, 11) is 0. The largest absolute Gasteiger partial charge is 0.481 e. The summed E-state index contributed by atoms with van der Waals surface area (Å²) in [6.07, 6.45) is 4.09. The fourth-order valence-electron chi connectivity index (χ4n) is 4.04. The van der Waals surface area contributed by atoms with Crippen molar-refractivity contribution in [2.75, 3.05) is 0 Å². The Morgan fingerprint density at radius 3 is 2.90 bits per heavy atom. The van der Waals surface area contributed by atoms with Gasteiger partial charge in [-0.3, -0.25) is 4.79 Å². The Kier molecular flexibility index (Phi) is 4.65. The van der Waals surface area contributed by atoms with Gasteiger partial charge in [0, 0.05) is 34.6 Å². The highest BCUT2D eigenvalue weighted by molar-refractivity contribution is 5.86. The van der Waals surface area contributed by atoms with Crippen LogP contribution in [-0.4, -0.2) is 41.9 Å². The Labute approximate surface area is 177 Å². The van der Waals surface area contributed by atoms with Crippen LogP contribution in [0, 0.1) is 0 Å². The summed E-state index contributed by atoms with van der Waals surface area (Å²) in [5.74, 6) is 0.447. The zero-order chi connectivity index (χ0) is 21.5. The van der Waals surface area contributed by atoms with Crippen molar-refractivity contribution in [3.63, 3.8) is 0 Å². The van der Waals surface area contributed by atoms with Crippen molar-refractivity contribution >= 4 is 16.9 Å². The van der Waals surface area contributed by atoms with Gasteiger partial charge in [0.15, 0.2) is 0 Å². The van der Waals surface area contributed by atoms with Crippen LogP contribution in [0.3, 0.4) is 0 Å². The third-order valence-electron chi connectivity index (χ3n) is 5.36. The van der Waals surface area contributed by atoms with E-state index in [4.69, 9.17) is 14.4 Å². The molecule has 1 N–H and O–H groups in total. The number of hydrogen-bond acceptors (Lipinski definition) is 7. The van der Waals surface area contributed by atoms with E-state index in [2.05, 4.69) is 30.7 Å². The molecule has 0 radical (unpaired) electrons. The number of carboxylic acid groups (broad SMARTS) is 1. The number of rotatable bonds is 6. The fraction of sp³-hybridized carbons (Fsp3) is 0.318. The molecule has 0 amide bonds. The van der Waals surface area contributed by atoms with E-state index in [1.165, 1.54) is 6.20 Å². The van der Waals surface area contributed by atoms with E-state index in [0.717, 1.165) is 35.1 Å². The lowest BCUT2D eigenvalue weighted by atomic mass is 10.0. The molecular formula is C22H21N5O4. The smallest absolute Gasteiger partial charge is 0.304 e. The third-order valence-corrected chi connectivity index (χ3v) is 5.36. The van der Waals surface area contributed by atoms with Gasteiger partial charge in [-0.1, -0.05) is 5.16 Å². The average Bonchev–Trinajstić information content (AvgIpc) is 3.44. The minimum absolute atomic E-state index is 0.0141. The van der Waals surface area contributed by atoms with Gasteiger partial charge in [0.1, 0.15) is 5.69 Å². The number of aromatic nitrogens is 5. The van der Waals surface area contributed by atoms with Gasteiger partial charge in [-0.2, -0.15) is 4.98 Å². The summed E-state index contributed by atoms with van der Waals surface area (Å²) < 4.78 is 13.1. The number of benzene rings is 1. The van der Waals surface area contributed by atoms with Crippen LogP contribution in [0.25, 0.3) is 33.9 Å². The van der Waals surface area contributed by atoms with Crippen LogP contribution < -0.4 is 4.74 Å². The van der Waals surface area contributed by atoms with E-state index in [1.807, 2.05) is 32.0 Å². The van der Waals surface area contributed by atoms with Gasteiger partial charge in [0.25, 0.3) is 5.89 Å². The van der Waals surface area contributed by atoms with Gasteiger partial charge < -0.3 is 18.9 Å². The lowest BCUT2D eigenvalue weighted by Crippen LogP contribution is -2.07. The SMILES string of the molecule is CC(C)Oc1cnc(-c2nc(-c3ccc4c(c3)cc3n4CC[C@@H]3CC(=O)O)no2)cn1. The standard InChI is InChI=1S/C22H21N5O4/c1-12(2)30-19-11-23-16(10-24-19)22-25-21(26-31-22)14-3-4-17-15(7-14)8-18-13(9-20(28)29)5-6-27(17)18/h3-4,7-8,10-13H,5-6,9H2,1-2H3,(H,28,29)/t13-/m1/s1. The van der Waals surface area contributed by atoms with Gasteiger partial charge in [-0.15, -0.1) is 0 Å². The molecule has 1 atom stereocenters. The molecule has 31 heavy (non-hydrogen) atoms. The molecule has 158 valence electrons. The summed E-state index contributed by atoms with van der Waals surface area (Å²) in [5, 5.41) is 14.3. The lowest BCUT2D eigenvalue weighted by molar-refractivity contribution is -0.137. The Bertz CT molecular complexity index is 1260. The predicted octanol–water partition coefficient (Wildman–Crippen LogP) is 3.90. The second kappa shape index (κ2) is 7.50. The monoisotopic (exact) mass is 419 g/mol. The molecule has 5 rings (SSSR count). The molecule has 0 saturated heterocycles. The number of hydrogen-bond donors (Lipinski definition) is 1. The highest BCUT2D eigenvalue weighted by atomic mass is 16.5. The topological polar surface area (TPSA) is 116 Å². The minimum atomic E-state index is -0.768. The van der Waals surface area contributed by atoms with E-state index in [1.54, 1.807) is 6.20 Å². The molecule has 3 aromatic heterocycles. The van der Waals surface area contributed by atoms with Crippen molar-refractivity contribution in [1.82, 2.24) is 24.7 Å². The predicted molar refractivity (Wildman–Crippen MR) is 112 cm³/mol. The Balaban J connectivity index is 1.42. The van der Waals surface area contributed by atoms with Crippen molar-refractivity contribution in [2.24, 2.45) is 0 Å². The molecular weight excluding hydrogens is 398 g/mol. The molecule has 0 aliphatic carbocycles. The first-order chi connectivity index (χ1) is 15.0. The number of fused-ring (bicyclic) bond motifs is 3. The van der Waals surface area contributed by atoms with E-state index in [0.29, 0.717) is 17.4 Å². The maximum atomic E-state index is 11.2. The van der Waals surface area contributed by atoms with Crippen molar-refractivity contribution in [3.05, 3.63) is 42.4 Å². The summed E-state index contributed by atoms with van der Waals surface area (Å²) >= 11 is 0. The Morgan fingerprint density at radius 1 is 1.29 bits per heavy atom. The van der Waals surface area contributed by atoms with Crippen LogP contribution in [0.2, 0.25) is 0 Å². The maximum Gasteiger partial charge on any atom is 0.304 e. The highest BCUT2D eigenvalue weighted by Crippen LogP contribution is 2.37. The van der Waals surface area contributed by atoms with Gasteiger partial charge in [0.05, 0.1) is 24.9 Å². The normalized spacial score (nSPS) is 15.5. The number of aliphatic carboxylic acids is 1. The molecule has 1 aliphatic heterocycles. The summed E-state index contributed by atoms with van der Waals surface area (Å²) in [6, 6.07) is 8.03. The van der Waals surface area contributed by atoms with E-state index >= 15 is 0 Å². The van der Waals surface area contributed by atoms with Gasteiger partial charge >= 0.3 is 5.97 Å². The van der Waals surface area contributed by atoms with Crippen molar-refractivity contribution < 1.29 is 19.2 Å². The zero-order valence-corrected chi connectivity index (χ0v) is 17.1.